The lowest BCUT2D eigenvalue weighted by Gasteiger charge is -2.25. The third-order valence-electron chi connectivity index (χ3n) is 5.33. The van der Waals surface area contributed by atoms with E-state index in [0.717, 1.165) is 66.0 Å². The maximum absolute atomic E-state index is 13.5. The third kappa shape index (κ3) is 3.01. The van der Waals surface area contributed by atoms with Crippen LogP contribution in [0.15, 0.2) is 10.3 Å². The van der Waals surface area contributed by atoms with Crippen LogP contribution >= 0.6 is 11.3 Å². The molecule has 142 valence electrons. The van der Waals surface area contributed by atoms with Gasteiger partial charge in [-0.3, -0.25) is 10.1 Å². The van der Waals surface area contributed by atoms with Crippen LogP contribution in [0.1, 0.15) is 59.6 Å². The SMILES string of the molecule is Cc1cc(C(C)(C)O)sc1[SH](N)(=O)Nc1c2c(nc3c1CCC3)CCC2. The van der Waals surface area contributed by atoms with Crippen LogP contribution < -0.4 is 9.86 Å². The fourth-order valence-corrected chi connectivity index (χ4v) is 7.22. The fraction of sp³-hybridized carbons (Fsp3) is 0.526. The summed E-state index contributed by atoms with van der Waals surface area (Å²) in [7, 11) is -3.29. The van der Waals surface area contributed by atoms with Gasteiger partial charge < -0.3 is 9.83 Å². The van der Waals surface area contributed by atoms with Crippen molar-refractivity contribution in [1.82, 2.24) is 4.98 Å². The van der Waals surface area contributed by atoms with Gasteiger partial charge in [0.05, 0.1) is 15.5 Å². The molecule has 0 unspecified atom stereocenters. The summed E-state index contributed by atoms with van der Waals surface area (Å²) in [5.41, 5.74) is 5.58. The second kappa shape index (κ2) is 6.12. The minimum atomic E-state index is -3.29. The Morgan fingerprint density at radius 3 is 2.27 bits per heavy atom. The number of aryl methyl sites for hydroxylation is 3. The highest BCUT2D eigenvalue weighted by Crippen LogP contribution is 2.40. The van der Waals surface area contributed by atoms with E-state index in [1.54, 1.807) is 13.8 Å². The summed E-state index contributed by atoms with van der Waals surface area (Å²) < 4.78 is 17.4. The lowest BCUT2D eigenvalue weighted by molar-refractivity contribution is 0.0825. The Morgan fingerprint density at radius 2 is 1.77 bits per heavy atom. The number of aliphatic hydroxyl groups is 1. The monoisotopic (exact) mass is 393 g/mol. The first-order valence-corrected chi connectivity index (χ1v) is 11.8. The lowest BCUT2D eigenvalue weighted by atomic mass is 10.1. The van der Waals surface area contributed by atoms with Gasteiger partial charge in [-0.05, 0) is 82.1 Å². The molecule has 0 aliphatic heterocycles. The van der Waals surface area contributed by atoms with Crippen molar-refractivity contribution in [3.63, 3.8) is 0 Å². The van der Waals surface area contributed by atoms with Crippen LogP contribution in [-0.4, -0.2) is 14.3 Å². The summed E-state index contributed by atoms with van der Waals surface area (Å²) in [5, 5.41) is 16.7. The van der Waals surface area contributed by atoms with Crippen LogP contribution in [0.2, 0.25) is 0 Å². The van der Waals surface area contributed by atoms with Gasteiger partial charge in [0.25, 0.3) is 0 Å². The number of thiophene rings is 1. The number of anilines is 1. The van der Waals surface area contributed by atoms with Crippen molar-refractivity contribution in [1.29, 1.82) is 0 Å². The van der Waals surface area contributed by atoms with Crippen molar-refractivity contribution in [2.75, 3.05) is 4.72 Å². The Labute approximate surface area is 159 Å². The van der Waals surface area contributed by atoms with E-state index in [4.69, 9.17) is 10.1 Å². The average molecular weight is 394 g/mol. The normalized spacial score (nSPS) is 17.3. The molecule has 0 fully saturated rings. The second-order valence-electron chi connectivity index (χ2n) is 7.97. The quantitative estimate of drug-likeness (QED) is 0.602. The molecule has 2 aromatic heterocycles. The van der Waals surface area contributed by atoms with E-state index in [1.807, 2.05) is 13.0 Å². The number of nitrogens with one attached hydrogen (secondary N) is 1. The molecular formula is C19H27N3O2S2. The van der Waals surface area contributed by atoms with Crippen LogP contribution in [0.25, 0.3) is 0 Å². The summed E-state index contributed by atoms with van der Waals surface area (Å²) in [5.74, 6) is 0. The number of hydrogen-bond acceptors (Lipinski definition) is 4. The Bertz CT molecular complexity index is 896. The fourth-order valence-electron chi connectivity index (χ4n) is 4.04. The van der Waals surface area contributed by atoms with Crippen molar-refractivity contribution >= 4 is 27.3 Å². The molecule has 0 spiro atoms. The number of rotatable bonds is 4. The molecule has 0 amide bonds. The minimum absolute atomic E-state index is 0.643. The number of aromatic nitrogens is 1. The van der Waals surface area contributed by atoms with E-state index < -0.39 is 15.9 Å². The Hall–Kier alpha value is -1.28. The molecule has 5 nitrogen and oxygen atoms in total. The van der Waals surface area contributed by atoms with Gasteiger partial charge in [0.1, 0.15) is 0 Å². The van der Waals surface area contributed by atoms with Crippen LogP contribution in [-0.2, 0) is 41.6 Å². The maximum atomic E-state index is 13.5. The Kier molecular flexibility index (Phi) is 4.26. The highest BCUT2D eigenvalue weighted by atomic mass is 32.3. The molecule has 7 heteroatoms. The van der Waals surface area contributed by atoms with Crippen LogP contribution in [0.5, 0.6) is 0 Å². The molecule has 4 rings (SSSR count). The van der Waals surface area contributed by atoms with E-state index in [1.165, 1.54) is 22.5 Å². The third-order valence-corrected chi connectivity index (χ3v) is 9.28. The van der Waals surface area contributed by atoms with Gasteiger partial charge in [-0.2, -0.15) is 0 Å². The molecule has 4 N–H and O–H groups in total. The molecule has 0 aromatic carbocycles. The number of nitrogens with two attached hydrogens (primary N) is 1. The predicted molar refractivity (Wildman–Crippen MR) is 108 cm³/mol. The van der Waals surface area contributed by atoms with Gasteiger partial charge in [-0.15, -0.1) is 11.3 Å². The van der Waals surface area contributed by atoms with E-state index in [2.05, 4.69) is 4.72 Å². The number of pyridine rings is 1. The smallest absolute Gasteiger partial charge is 0.0999 e. The number of nitrogens with zero attached hydrogens (tertiary/aromatic N) is 1. The van der Waals surface area contributed by atoms with Gasteiger partial charge in [-0.1, -0.05) is 0 Å². The molecule has 0 atom stereocenters. The van der Waals surface area contributed by atoms with E-state index in [-0.39, 0.29) is 0 Å². The first-order chi connectivity index (χ1) is 12.2. The maximum Gasteiger partial charge on any atom is 0.0999 e. The van der Waals surface area contributed by atoms with Crippen molar-refractivity contribution in [2.45, 2.75) is 69.1 Å². The zero-order valence-corrected chi connectivity index (χ0v) is 17.3. The highest BCUT2D eigenvalue weighted by Gasteiger charge is 2.30. The van der Waals surface area contributed by atoms with E-state index >= 15 is 0 Å². The number of fused-ring (bicyclic) bond motifs is 2. The van der Waals surface area contributed by atoms with Gasteiger partial charge in [0, 0.05) is 26.6 Å². The molecule has 0 bridgehead atoms. The largest absolute Gasteiger partial charge is 0.385 e. The van der Waals surface area contributed by atoms with Crippen LogP contribution in [0.3, 0.4) is 0 Å². The van der Waals surface area contributed by atoms with Crippen molar-refractivity contribution in [2.24, 2.45) is 5.14 Å². The predicted octanol–water partition coefficient (Wildman–Crippen LogP) is 2.93. The molecule has 2 aliphatic rings. The van der Waals surface area contributed by atoms with Gasteiger partial charge >= 0.3 is 0 Å². The molecule has 0 saturated heterocycles. The van der Waals surface area contributed by atoms with Gasteiger partial charge in [0.2, 0.25) is 0 Å². The summed E-state index contributed by atoms with van der Waals surface area (Å²) in [4.78, 5) is 5.63. The molecule has 2 heterocycles. The Balaban J connectivity index is 1.76. The highest BCUT2D eigenvalue weighted by molar-refractivity contribution is 8.03. The van der Waals surface area contributed by atoms with Crippen molar-refractivity contribution in [3.05, 3.63) is 39.0 Å². The molecule has 2 aromatic rings. The van der Waals surface area contributed by atoms with Gasteiger partial charge in [-0.25, -0.2) is 4.21 Å². The topological polar surface area (TPSA) is 88.2 Å². The zero-order chi connectivity index (χ0) is 18.7. The first-order valence-electron chi connectivity index (χ1n) is 9.21. The number of thiol groups is 1. The zero-order valence-electron chi connectivity index (χ0n) is 15.6. The molecule has 2 aliphatic carbocycles. The van der Waals surface area contributed by atoms with Crippen molar-refractivity contribution < 1.29 is 9.32 Å². The van der Waals surface area contributed by atoms with E-state index in [0.29, 0.717) is 4.21 Å². The average Bonchev–Trinajstić information content (AvgIpc) is 3.23. The second-order valence-corrected chi connectivity index (χ2v) is 11.3. The molecule has 0 saturated carbocycles. The summed E-state index contributed by atoms with van der Waals surface area (Å²) in [6, 6.07) is 1.89. The molecule has 0 radical (unpaired) electrons. The standard InChI is InChI=1S/C19H27N3O2S2/c1-11-10-16(19(2,3)23)25-18(11)26(20,24)22-17-12-6-4-8-14(12)21-15-9-5-7-13(15)17/h10,23,26H,4-9H2,1-3H3,(H3,20,21,22,24). The van der Waals surface area contributed by atoms with Gasteiger partial charge in [0.15, 0.2) is 0 Å². The minimum Gasteiger partial charge on any atom is -0.385 e. The van der Waals surface area contributed by atoms with E-state index in [9.17, 15) is 9.32 Å². The summed E-state index contributed by atoms with van der Waals surface area (Å²) in [6.07, 6.45) is 6.11. The van der Waals surface area contributed by atoms with Crippen LogP contribution in [0.4, 0.5) is 5.69 Å². The Morgan fingerprint density at radius 1 is 1.19 bits per heavy atom. The number of hydrogen-bond donors (Lipinski definition) is 4. The van der Waals surface area contributed by atoms with Crippen molar-refractivity contribution in [3.8, 4) is 0 Å². The lowest BCUT2D eigenvalue weighted by Crippen LogP contribution is -2.32. The summed E-state index contributed by atoms with van der Waals surface area (Å²) >= 11 is 1.34. The summed E-state index contributed by atoms with van der Waals surface area (Å²) in [6.45, 7) is 5.38. The first kappa shape index (κ1) is 18.1. The molecular weight excluding hydrogens is 366 g/mol. The van der Waals surface area contributed by atoms with Crippen LogP contribution in [0, 0.1) is 6.92 Å². The molecule has 26 heavy (non-hydrogen) atoms.